The second kappa shape index (κ2) is 22.3. The first-order valence-corrected chi connectivity index (χ1v) is 36.8. The molecule has 11 rings (SSSR count). The number of carbonyl (C=O) groups is 1. The lowest BCUT2D eigenvalue weighted by Gasteiger charge is -2.42. The van der Waals surface area contributed by atoms with Gasteiger partial charge in [-0.15, -0.1) is 28.3 Å². The van der Waals surface area contributed by atoms with Crippen LogP contribution < -0.4 is 9.64 Å². The number of thiophene rings is 1. The smallest absolute Gasteiger partial charge is 0.410 e. The molecule has 4 aromatic heterocycles. The quantitative estimate of drug-likeness (QED) is 0.0819. The van der Waals surface area contributed by atoms with Crippen LogP contribution in [-0.4, -0.2) is 126 Å². The number of pyridine rings is 1. The van der Waals surface area contributed by atoms with Gasteiger partial charge in [0, 0.05) is 67.0 Å². The van der Waals surface area contributed by atoms with Crippen molar-refractivity contribution in [3.8, 4) is 40.2 Å². The maximum absolute atomic E-state index is 17.1. The predicted molar refractivity (Wildman–Crippen MR) is 330 cm³/mol. The van der Waals surface area contributed by atoms with Crippen molar-refractivity contribution in [1.29, 1.82) is 0 Å². The summed E-state index contributed by atoms with van der Waals surface area (Å²) in [7, 11) is -3.77. The van der Waals surface area contributed by atoms with Crippen molar-refractivity contribution in [3.63, 3.8) is 0 Å². The molecule has 438 valence electrons. The Hall–Kier alpha value is -5.25. The zero-order valence-corrected chi connectivity index (χ0v) is 53.1. The van der Waals surface area contributed by atoms with Crippen molar-refractivity contribution in [2.45, 2.75) is 193 Å². The van der Waals surface area contributed by atoms with Gasteiger partial charge in [-0.2, -0.15) is 15.1 Å². The van der Waals surface area contributed by atoms with Crippen molar-refractivity contribution < 1.29 is 32.2 Å². The number of halogens is 3. The number of hydrogen-bond acceptors (Lipinski definition) is 11. The lowest BCUT2D eigenvalue weighted by Crippen LogP contribution is -2.57. The van der Waals surface area contributed by atoms with Gasteiger partial charge in [0.25, 0.3) is 5.92 Å². The van der Waals surface area contributed by atoms with Gasteiger partial charge in [0.15, 0.2) is 6.23 Å². The number of rotatable bonds is 13. The average Bonchev–Trinajstić information content (AvgIpc) is 2.00. The molecule has 0 N–H and O–H groups in total. The molecular weight excluding hydrogens is 1090 g/mol. The number of alkyl halides is 2. The number of anilines is 1. The molecule has 0 spiro atoms. The minimum Gasteiger partial charge on any atom is -0.462 e. The number of carbonyl (C=O) groups excluding carboxylic acids is 1. The number of fused-ring (bicyclic) bond motifs is 7. The Bertz CT molecular complexity index is 3500. The molecule has 1 saturated carbocycles. The first-order valence-electron chi connectivity index (χ1n) is 30.2. The van der Waals surface area contributed by atoms with Gasteiger partial charge in [0.1, 0.15) is 44.8 Å². The summed E-state index contributed by atoms with van der Waals surface area (Å²) in [6.07, 6.45) is 11.1. The van der Waals surface area contributed by atoms with Crippen LogP contribution in [0.5, 0.6) is 6.01 Å². The Kier molecular flexibility index (Phi) is 15.9. The number of benzene rings is 2. The van der Waals surface area contributed by atoms with Crippen LogP contribution in [-0.2, 0) is 9.47 Å². The van der Waals surface area contributed by atoms with Crippen LogP contribution in [0.4, 0.5) is 23.8 Å². The second-order valence-corrected chi connectivity index (χ2v) is 38.7. The van der Waals surface area contributed by atoms with Crippen LogP contribution in [0.2, 0.25) is 36.3 Å². The van der Waals surface area contributed by atoms with E-state index in [1.54, 1.807) is 6.20 Å². The molecule has 18 heteroatoms. The number of likely N-dealkylation sites (tertiary alicyclic amines) is 1. The molecule has 1 aliphatic carbocycles. The molecule has 5 fully saturated rings. The van der Waals surface area contributed by atoms with E-state index in [1.165, 1.54) is 17.4 Å². The number of nitrogens with zero attached hydrogens (tertiary/aromatic N) is 8. The zero-order chi connectivity index (χ0) is 58.3. The molecule has 3 unspecified atom stereocenters. The van der Waals surface area contributed by atoms with Crippen molar-refractivity contribution in [1.82, 2.24) is 34.5 Å². The summed E-state index contributed by atoms with van der Waals surface area (Å²) in [4.78, 5) is 36.3. The van der Waals surface area contributed by atoms with Crippen LogP contribution in [0.25, 0.3) is 53.2 Å². The fourth-order valence-corrected chi connectivity index (χ4v) is 21.3. The first kappa shape index (κ1) is 58.5. The number of ether oxygens (including phenoxy) is 3. The van der Waals surface area contributed by atoms with E-state index in [0.717, 1.165) is 103 Å². The fourth-order valence-electron chi connectivity index (χ4n) is 14.2. The summed E-state index contributed by atoms with van der Waals surface area (Å²) in [5.41, 5.74) is 8.80. The molecule has 6 aromatic rings. The molecule has 0 radical (unpaired) electrons. The maximum Gasteiger partial charge on any atom is 0.410 e. The molecule has 1 amide bonds. The summed E-state index contributed by atoms with van der Waals surface area (Å²) in [5, 5.41) is 8.91. The molecule has 2 aromatic carbocycles. The molecule has 4 aliphatic heterocycles. The van der Waals surface area contributed by atoms with Gasteiger partial charge in [0.05, 0.1) is 50.6 Å². The number of amides is 1. The maximum atomic E-state index is 17.1. The molecule has 2 bridgehead atoms. The van der Waals surface area contributed by atoms with Crippen molar-refractivity contribution in [2.24, 2.45) is 11.3 Å². The summed E-state index contributed by atoms with van der Waals surface area (Å²) in [6.45, 7) is 29.1. The Morgan fingerprint density at radius 3 is 2.26 bits per heavy atom. The molecule has 4 atom stereocenters. The molecule has 12 nitrogen and oxygen atoms in total. The highest BCUT2D eigenvalue weighted by Gasteiger charge is 2.72. The van der Waals surface area contributed by atoms with E-state index < -0.39 is 38.9 Å². The first-order chi connectivity index (χ1) is 38.9. The van der Waals surface area contributed by atoms with Crippen LogP contribution in [0.1, 0.15) is 138 Å². The van der Waals surface area contributed by atoms with Crippen LogP contribution >= 0.6 is 11.3 Å². The van der Waals surface area contributed by atoms with Crippen molar-refractivity contribution >= 4 is 81.4 Å². The van der Waals surface area contributed by atoms with E-state index in [4.69, 9.17) is 34.3 Å². The van der Waals surface area contributed by atoms with E-state index in [2.05, 4.69) is 100.0 Å². The second-order valence-electron chi connectivity index (χ2n) is 27.3. The normalized spacial score (nSPS) is 22.6. The van der Waals surface area contributed by atoms with E-state index in [-0.39, 0.29) is 50.0 Å². The molecular formula is C64H83F3N8O4SSi2. The highest BCUT2D eigenvalue weighted by Crippen LogP contribution is 2.61. The Morgan fingerprint density at radius 2 is 1.62 bits per heavy atom. The zero-order valence-electron chi connectivity index (χ0n) is 50.3. The topological polar surface area (TPSA) is 111 Å². The summed E-state index contributed by atoms with van der Waals surface area (Å²) in [6, 6.07) is 7.19. The molecule has 82 heavy (non-hydrogen) atoms. The van der Waals surface area contributed by atoms with E-state index in [1.807, 2.05) is 48.7 Å². The van der Waals surface area contributed by atoms with Crippen molar-refractivity contribution in [2.75, 3.05) is 50.8 Å². The molecule has 4 saturated heterocycles. The van der Waals surface area contributed by atoms with Gasteiger partial charge in [0.2, 0.25) is 0 Å². The van der Waals surface area contributed by atoms with Gasteiger partial charge in [-0.25, -0.2) is 22.6 Å². The van der Waals surface area contributed by atoms with Gasteiger partial charge in [-0.3, -0.25) is 9.88 Å². The largest absolute Gasteiger partial charge is 0.462 e. The van der Waals surface area contributed by atoms with Crippen LogP contribution in [0, 0.1) is 40.1 Å². The summed E-state index contributed by atoms with van der Waals surface area (Å²) in [5.74, 6) is 4.82. The minimum atomic E-state index is -2.90. The van der Waals surface area contributed by atoms with E-state index in [9.17, 15) is 4.79 Å². The number of hydrogen-bond donors (Lipinski definition) is 0. The standard InChI is InChI=1S/C64H83F3N8O4SSi2/c1-40(2)82(41(3)4,42(5)6)32-26-47-50(65)22-19-44-33-51-49(34-69-75(51)52-18-13-15-30-77-52)54(53(44)47)56-57-48(23-27-68-56)55-58(73-35-45-20-21-46(36-73)74(45)61(76)79-62(7,8)9)70-60(71-59(55)80-57)78-39-63(37-64(63,66)67)38-72-28-24-43(25-29-72)17-14-16-31-81(10,11)12/h19,22-23,27,33-34,40-43,45-46,52H,13-15,17-18,20-21,24-25,28-30,35-39H2,1-12H3/t45?,46?,52?,63-/m1/s1. The highest BCUT2D eigenvalue weighted by molar-refractivity contribution is 7.26. The van der Waals surface area contributed by atoms with Gasteiger partial charge < -0.3 is 24.0 Å². The number of piperidine rings is 1. The number of piperazine rings is 1. The third-order valence-corrected chi connectivity index (χ3v) is 26.7. The van der Waals surface area contributed by atoms with Gasteiger partial charge in [-0.05, 0) is 131 Å². The Labute approximate surface area is 488 Å². The van der Waals surface area contributed by atoms with Crippen molar-refractivity contribution in [3.05, 3.63) is 48.0 Å². The van der Waals surface area contributed by atoms with Gasteiger partial charge >= 0.3 is 12.1 Å². The Balaban J connectivity index is 1.03. The molecule has 8 heterocycles. The van der Waals surface area contributed by atoms with E-state index >= 15 is 13.2 Å². The lowest BCUT2D eigenvalue weighted by atomic mass is 9.91. The molecule has 5 aliphatic rings. The lowest BCUT2D eigenvalue weighted by molar-refractivity contribution is -0.0366. The average molecular weight is 1170 g/mol. The van der Waals surface area contributed by atoms with Gasteiger partial charge in [-0.1, -0.05) is 73.2 Å². The summed E-state index contributed by atoms with van der Waals surface area (Å²) >= 11 is 1.44. The van der Waals surface area contributed by atoms with Crippen LogP contribution in [0.3, 0.4) is 0 Å². The third kappa shape index (κ3) is 11.2. The summed E-state index contributed by atoms with van der Waals surface area (Å²) < 4.78 is 70.4. The Morgan fingerprint density at radius 1 is 0.915 bits per heavy atom. The van der Waals surface area contributed by atoms with E-state index in [0.29, 0.717) is 75.1 Å². The number of aromatic nitrogens is 5. The third-order valence-electron chi connectivity index (χ3n) is 18.4. The van der Waals surface area contributed by atoms with Crippen LogP contribution in [0.15, 0.2) is 36.7 Å². The SMILES string of the molecule is CC(C)[Si](C#Cc1c(F)ccc2cc3c(cnn3C3CCCCO3)c(-c3nccc4c3sc3nc(OC[C@]5(CN6CCC(CCC#C[Si](C)(C)C)CC6)CC5(F)F)nc(N5CC6CCC(C5)N6C(=O)OC(C)(C)C)c34)c12)(C(C)C)C(C)C. The highest BCUT2D eigenvalue weighted by atomic mass is 32.1. The fraction of sp³-hybridized carbons (Fsp3) is 0.609. The minimum absolute atomic E-state index is 0.0275. The predicted octanol–water partition coefficient (Wildman–Crippen LogP) is 15.2. The monoisotopic (exact) mass is 1170 g/mol.